The van der Waals surface area contributed by atoms with Crippen molar-refractivity contribution < 1.29 is 9.53 Å². The van der Waals surface area contributed by atoms with Crippen molar-refractivity contribution in [2.45, 2.75) is 13.8 Å². The molecule has 3 rings (SSSR count). The number of esters is 1. The Kier molecular flexibility index (Phi) is 6.57. The van der Waals surface area contributed by atoms with Gasteiger partial charge in [0.05, 0.1) is 24.6 Å². The van der Waals surface area contributed by atoms with Crippen LogP contribution < -0.4 is 15.5 Å². The lowest BCUT2D eigenvalue weighted by Crippen LogP contribution is -2.21. The molecule has 0 spiro atoms. The van der Waals surface area contributed by atoms with Crippen molar-refractivity contribution in [2.24, 2.45) is 0 Å². The number of methoxy groups -OCH3 is 1. The maximum absolute atomic E-state index is 11.9. The van der Waals surface area contributed by atoms with Gasteiger partial charge < -0.3 is 20.3 Å². The molecule has 1 aromatic heterocycles. The molecule has 0 aliphatic carbocycles. The lowest BCUT2D eigenvalue weighted by molar-refractivity contribution is 0.0602. The molecule has 8 nitrogen and oxygen atoms in total. The molecule has 2 aromatic carbocycles. The van der Waals surface area contributed by atoms with E-state index >= 15 is 0 Å². The van der Waals surface area contributed by atoms with Crippen molar-refractivity contribution >= 4 is 34.8 Å². The number of nitrogens with one attached hydrogen (secondary N) is 2. The number of ether oxygens (including phenoxy) is 1. The smallest absolute Gasteiger partial charge is 0.339 e. The normalized spacial score (nSPS) is 10.3. The number of nitrogens with zero attached hydrogens (tertiary/aromatic N) is 4. The van der Waals surface area contributed by atoms with E-state index in [1.54, 1.807) is 18.2 Å². The second-order valence-corrected chi connectivity index (χ2v) is 6.17. The molecule has 0 unspecified atom stereocenters. The number of para-hydroxylation sites is 1. The first-order valence-electron chi connectivity index (χ1n) is 9.40. The molecule has 150 valence electrons. The molecule has 0 saturated carbocycles. The predicted octanol–water partition coefficient (Wildman–Crippen LogP) is 3.99. The number of aromatic nitrogens is 3. The minimum atomic E-state index is -0.429. The Morgan fingerprint density at radius 3 is 2.45 bits per heavy atom. The van der Waals surface area contributed by atoms with E-state index in [1.807, 2.05) is 18.2 Å². The van der Waals surface area contributed by atoms with Crippen LogP contribution in [0, 0.1) is 0 Å². The molecule has 0 fully saturated rings. The summed E-state index contributed by atoms with van der Waals surface area (Å²) in [5, 5.41) is 14.2. The summed E-state index contributed by atoms with van der Waals surface area (Å²) >= 11 is 0. The maximum atomic E-state index is 11.9. The number of hydrogen-bond acceptors (Lipinski definition) is 8. The van der Waals surface area contributed by atoms with Gasteiger partial charge in [-0.05, 0) is 50.2 Å². The second kappa shape index (κ2) is 9.50. The number of rotatable bonds is 8. The van der Waals surface area contributed by atoms with Crippen molar-refractivity contribution in [1.29, 1.82) is 0 Å². The standard InChI is InChI=1S/C21H24N6O2/c1-4-27(5-2)16-12-10-15(11-13-16)23-21-25-19(14-22-26-21)24-18-9-7-6-8-17(18)20(28)29-3/h6-14H,4-5H2,1-3H3,(H2,23,24,25,26). The fourth-order valence-electron chi connectivity index (χ4n) is 2.91. The van der Waals surface area contributed by atoms with Crippen LogP contribution in [0.25, 0.3) is 0 Å². The van der Waals surface area contributed by atoms with Crippen LogP contribution in [0.3, 0.4) is 0 Å². The van der Waals surface area contributed by atoms with Crippen LogP contribution in [-0.2, 0) is 4.74 Å². The first-order chi connectivity index (χ1) is 14.1. The Labute approximate surface area is 169 Å². The molecule has 0 atom stereocenters. The zero-order valence-electron chi connectivity index (χ0n) is 16.7. The minimum Gasteiger partial charge on any atom is -0.465 e. The monoisotopic (exact) mass is 392 g/mol. The minimum absolute atomic E-state index is 0.348. The van der Waals surface area contributed by atoms with E-state index in [-0.39, 0.29) is 0 Å². The summed E-state index contributed by atoms with van der Waals surface area (Å²) in [4.78, 5) is 18.6. The van der Waals surface area contributed by atoms with Gasteiger partial charge in [-0.15, -0.1) is 5.10 Å². The lowest BCUT2D eigenvalue weighted by atomic mass is 10.2. The highest BCUT2D eigenvalue weighted by Crippen LogP contribution is 2.22. The molecule has 0 bridgehead atoms. The SMILES string of the molecule is CCN(CC)c1ccc(Nc2nncc(Nc3ccccc3C(=O)OC)n2)cc1. The molecule has 0 radical (unpaired) electrons. The average Bonchev–Trinajstić information content (AvgIpc) is 2.76. The first kappa shape index (κ1) is 20.1. The third-order valence-electron chi connectivity index (χ3n) is 4.41. The van der Waals surface area contributed by atoms with E-state index < -0.39 is 5.97 Å². The van der Waals surface area contributed by atoms with Crippen molar-refractivity contribution in [3.05, 3.63) is 60.3 Å². The van der Waals surface area contributed by atoms with Crippen LogP contribution in [0.2, 0.25) is 0 Å². The Balaban J connectivity index is 1.75. The maximum Gasteiger partial charge on any atom is 0.339 e. The van der Waals surface area contributed by atoms with Crippen molar-refractivity contribution in [2.75, 3.05) is 35.7 Å². The van der Waals surface area contributed by atoms with E-state index in [9.17, 15) is 4.79 Å². The van der Waals surface area contributed by atoms with E-state index in [4.69, 9.17) is 4.74 Å². The van der Waals surface area contributed by atoms with Gasteiger partial charge in [-0.25, -0.2) is 4.79 Å². The molecule has 0 aliphatic heterocycles. The molecule has 1 heterocycles. The number of carbonyl (C=O) groups is 1. The molecule has 0 amide bonds. The van der Waals surface area contributed by atoms with Gasteiger partial charge >= 0.3 is 5.97 Å². The highest BCUT2D eigenvalue weighted by Gasteiger charge is 2.12. The summed E-state index contributed by atoms with van der Waals surface area (Å²) in [5.41, 5.74) is 3.01. The molecule has 3 aromatic rings. The van der Waals surface area contributed by atoms with Gasteiger partial charge in [-0.3, -0.25) is 0 Å². The molecule has 2 N–H and O–H groups in total. The van der Waals surface area contributed by atoms with Crippen LogP contribution in [0.5, 0.6) is 0 Å². The van der Waals surface area contributed by atoms with Crippen molar-refractivity contribution in [3.63, 3.8) is 0 Å². The Morgan fingerprint density at radius 2 is 1.76 bits per heavy atom. The zero-order chi connectivity index (χ0) is 20.6. The van der Waals surface area contributed by atoms with Crippen LogP contribution in [0.4, 0.5) is 28.8 Å². The molecule has 0 saturated heterocycles. The van der Waals surface area contributed by atoms with Crippen LogP contribution in [-0.4, -0.2) is 41.3 Å². The number of carbonyl (C=O) groups excluding carboxylic acids is 1. The summed E-state index contributed by atoms with van der Waals surface area (Å²) in [6.07, 6.45) is 1.49. The third-order valence-corrected chi connectivity index (χ3v) is 4.41. The van der Waals surface area contributed by atoms with Crippen LogP contribution >= 0.6 is 0 Å². The lowest BCUT2D eigenvalue weighted by Gasteiger charge is -2.21. The summed E-state index contributed by atoms with van der Waals surface area (Å²) in [7, 11) is 1.35. The summed E-state index contributed by atoms with van der Waals surface area (Å²) in [6, 6.07) is 15.1. The quantitative estimate of drug-likeness (QED) is 0.556. The van der Waals surface area contributed by atoms with E-state index in [1.165, 1.54) is 13.3 Å². The summed E-state index contributed by atoms with van der Waals surface area (Å²) in [5.74, 6) is 0.376. The van der Waals surface area contributed by atoms with Gasteiger partial charge in [0.2, 0.25) is 5.95 Å². The van der Waals surface area contributed by atoms with E-state index in [0.717, 1.165) is 24.5 Å². The van der Waals surface area contributed by atoms with Gasteiger partial charge in [0.1, 0.15) is 0 Å². The van der Waals surface area contributed by atoms with E-state index in [2.05, 4.69) is 56.7 Å². The summed E-state index contributed by atoms with van der Waals surface area (Å²) < 4.78 is 4.82. The van der Waals surface area contributed by atoms with Crippen molar-refractivity contribution in [3.8, 4) is 0 Å². The first-order valence-corrected chi connectivity index (χ1v) is 9.40. The highest BCUT2D eigenvalue weighted by molar-refractivity contribution is 5.96. The van der Waals surface area contributed by atoms with E-state index in [0.29, 0.717) is 23.0 Å². The second-order valence-electron chi connectivity index (χ2n) is 6.17. The fraction of sp³-hybridized carbons (Fsp3) is 0.238. The molecule has 8 heteroatoms. The van der Waals surface area contributed by atoms with Gasteiger partial charge in [-0.1, -0.05) is 12.1 Å². The van der Waals surface area contributed by atoms with Crippen LogP contribution in [0.1, 0.15) is 24.2 Å². The zero-order valence-corrected chi connectivity index (χ0v) is 16.7. The van der Waals surface area contributed by atoms with Crippen molar-refractivity contribution in [1.82, 2.24) is 15.2 Å². The fourth-order valence-corrected chi connectivity index (χ4v) is 2.91. The van der Waals surface area contributed by atoms with Gasteiger partial charge in [0.15, 0.2) is 5.82 Å². The Hall–Kier alpha value is -3.68. The van der Waals surface area contributed by atoms with Gasteiger partial charge in [0.25, 0.3) is 0 Å². The number of hydrogen-bond donors (Lipinski definition) is 2. The largest absolute Gasteiger partial charge is 0.465 e. The van der Waals surface area contributed by atoms with Gasteiger partial charge in [0, 0.05) is 24.5 Å². The average molecular weight is 392 g/mol. The number of benzene rings is 2. The Morgan fingerprint density at radius 1 is 1.03 bits per heavy atom. The topological polar surface area (TPSA) is 92.3 Å². The van der Waals surface area contributed by atoms with Gasteiger partial charge in [-0.2, -0.15) is 10.1 Å². The molecular formula is C21H24N6O2. The van der Waals surface area contributed by atoms with Crippen LogP contribution in [0.15, 0.2) is 54.7 Å². The number of anilines is 5. The molecule has 29 heavy (non-hydrogen) atoms. The molecular weight excluding hydrogens is 368 g/mol. The Bertz CT molecular complexity index is 957. The highest BCUT2D eigenvalue weighted by atomic mass is 16.5. The summed E-state index contributed by atoms with van der Waals surface area (Å²) in [6.45, 7) is 6.17. The molecule has 0 aliphatic rings. The predicted molar refractivity (Wildman–Crippen MR) is 114 cm³/mol. The third kappa shape index (κ3) is 4.98.